The van der Waals surface area contributed by atoms with Crippen molar-refractivity contribution in [3.8, 4) is 0 Å². The first-order valence-electron chi connectivity index (χ1n) is 18.2. The van der Waals surface area contributed by atoms with Gasteiger partial charge in [0.1, 0.15) is 31.0 Å². The van der Waals surface area contributed by atoms with E-state index in [0.29, 0.717) is 6.42 Å². The van der Waals surface area contributed by atoms with Crippen LogP contribution in [0.15, 0.2) is 48.6 Å². The number of hydrogen-bond donors (Lipinski definition) is 4. The molecule has 48 heavy (non-hydrogen) atoms. The minimum absolute atomic E-state index is 0.154. The van der Waals surface area contributed by atoms with Gasteiger partial charge in [-0.15, -0.1) is 0 Å². The van der Waals surface area contributed by atoms with Crippen molar-refractivity contribution in [2.45, 2.75) is 160 Å². The van der Waals surface area contributed by atoms with E-state index in [9.17, 15) is 30.0 Å². The lowest BCUT2D eigenvalue weighted by atomic mass is 9.99. The van der Waals surface area contributed by atoms with Gasteiger partial charge in [0, 0.05) is 12.8 Å². The predicted molar refractivity (Wildman–Crippen MR) is 187 cm³/mol. The molecule has 0 radical (unpaired) electrons. The molecule has 0 saturated carbocycles. The largest absolute Gasteiger partial charge is 0.462 e. The molecule has 0 bridgehead atoms. The zero-order valence-electron chi connectivity index (χ0n) is 29.5. The maximum atomic E-state index is 12.5. The first kappa shape index (κ1) is 43.7. The van der Waals surface area contributed by atoms with Crippen LogP contribution in [0.5, 0.6) is 0 Å². The van der Waals surface area contributed by atoms with E-state index in [0.717, 1.165) is 51.4 Å². The fraction of sp³-hybridized carbons (Fsp3) is 0.737. The summed E-state index contributed by atoms with van der Waals surface area (Å²) in [6, 6.07) is 0. The summed E-state index contributed by atoms with van der Waals surface area (Å²) in [4.78, 5) is 24.1. The summed E-state index contributed by atoms with van der Waals surface area (Å²) in [7, 11) is 0. The highest BCUT2D eigenvalue weighted by Gasteiger charge is 2.44. The average molecular weight is 681 g/mol. The zero-order chi connectivity index (χ0) is 35.2. The Morgan fingerprint density at radius 2 is 1.21 bits per heavy atom. The van der Waals surface area contributed by atoms with Gasteiger partial charge in [-0.2, -0.15) is 0 Å². The number of aliphatic hydroxyl groups is 4. The molecule has 0 amide bonds. The number of hydrogen-bond acceptors (Lipinski definition) is 10. The van der Waals surface area contributed by atoms with Gasteiger partial charge in [0.05, 0.1) is 13.2 Å². The Hall–Kier alpha value is -2.34. The van der Waals surface area contributed by atoms with Crippen molar-refractivity contribution in [1.29, 1.82) is 0 Å². The number of rotatable bonds is 28. The molecule has 1 fully saturated rings. The minimum atomic E-state index is -1.59. The lowest BCUT2D eigenvalue weighted by molar-refractivity contribution is -0.305. The second kappa shape index (κ2) is 29.6. The molecule has 276 valence electrons. The van der Waals surface area contributed by atoms with Crippen LogP contribution in [0.2, 0.25) is 0 Å². The van der Waals surface area contributed by atoms with Crippen molar-refractivity contribution < 1.29 is 49.0 Å². The van der Waals surface area contributed by atoms with Crippen molar-refractivity contribution in [3.05, 3.63) is 48.6 Å². The van der Waals surface area contributed by atoms with Gasteiger partial charge in [0.15, 0.2) is 12.4 Å². The third-order valence-electron chi connectivity index (χ3n) is 8.03. The number of aliphatic hydroxyl groups excluding tert-OH is 4. The Labute approximate surface area is 288 Å². The van der Waals surface area contributed by atoms with Crippen molar-refractivity contribution in [2.24, 2.45) is 0 Å². The number of esters is 2. The zero-order valence-corrected chi connectivity index (χ0v) is 29.5. The summed E-state index contributed by atoms with van der Waals surface area (Å²) < 4.78 is 21.4. The third-order valence-corrected chi connectivity index (χ3v) is 8.03. The van der Waals surface area contributed by atoms with Crippen molar-refractivity contribution in [1.82, 2.24) is 0 Å². The third kappa shape index (κ3) is 21.6. The molecule has 1 heterocycles. The monoisotopic (exact) mass is 680 g/mol. The Morgan fingerprint density at radius 3 is 1.77 bits per heavy atom. The van der Waals surface area contributed by atoms with E-state index in [1.54, 1.807) is 6.92 Å². The minimum Gasteiger partial charge on any atom is -0.462 e. The molecule has 1 aliphatic heterocycles. The molecule has 6 atom stereocenters. The van der Waals surface area contributed by atoms with Crippen molar-refractivity contribution in [3.63, 3.8) is 0 Å². The summed E-state index contributed by atoms with van der Waals surface area (Å²) in [5.41, 5.74) is 0. The van der Waals surface area contributed by atoms with E-state index in [2.05, 4.69) is 55.5 Å². The van der Waals surface area contributed by atoms with Crippen LogP contribution < -0.4 is 0 Å². The molecule has 0 aromatic rings. The maximum Gasteiger partial charge on any atom is 0.306 e. The summed E-state index contributed by atoms with van der Waals surface area (Å²) in [5, 5.41) is 39.4. The summed E-state index contributed by atoms with van der Waals surface area (Å²) >= 11 is 0. The van der Waals surface area contributed by atoms with Crippen LogP contribution in [-0.4, -0.2) is 89.0 Å². The first-order chi connectivity index (χ1) is 23.3. The van der Waals surface area contributed by atoms with Crippen LogP contribution in [0, 0.1) is 0 Å². The highest BCUT2D eigenvalue weighted by Crippen LogP contribution is 2.22. The Morgan fingerprint density at radius 1 is 0.667 bits per heavy atom. The van der Waals surface area contributed by atoms with Crippen LogP contribution >= 0.6 is 0 Å². The molecule has 1 rings (SSSR count). The topological polar surface area (TPSA) is 152 Å². The Balaban J connectivity index is 2.11. The van der Waals surface area contributed by atoms with E-state index in [4.69, 9.17) is 18.9 Å². The molecular weight excluding hydrogens is 616 g/mol. The van der Waals surface area contributed by atoms with E-state index < -0.39 is 55.4 Å². The fourth-order valence-corrected chi connectivity index (χ4v) is 5.10. The van der Waals surface area contributed by atoms with E-state index in [1.165, 1.54) is 38.5 Å². The maximum absolute atomic E-state index is 12.5. The van der Waals surface area contributed by atoms with Crippen molar-refractivity contribution in [2.75, 3.05) is 19.8 Å². The molecule has 0 aromatic carbocycles. The quantitative estimate of drug-likeness (QED) is 0.0430. The van der Waals surface area contributed by atoms with E-state index in [1.807, 2.05) is 0 Å². The number of carbonyl (C=O) groups is 2. The SMILES string of the molecule is CC/C=C\C/C=C\C/C=C\C/C=C\CCCCCCCCCCCCC(=O)OC(COC(=O)CC)COC1OC(CO)C(O)C(O)C1O. The van der Waals surface area contributed by atoms with Gasteiger partial charge in [-0.1, -0.05) is 114 Å². The highest BCUT2D eigenvalue weighted by molar-refractivity contribution is 5.70. The van der Waals surface area contributed by atoms with Crippen LogP contribution in [-0.2, 0) is 28.5 Å². The molecule has 0 aliphatic carbocycles. The van der Waals surface area contributed by atoms with Crippen LogP contribution in [0.4, 0.5) is 0 Å². The smallest absolute Gasteiger partial charge is 0.306 e. The molecule has 1 saturated heterocycles. The van der Waals surface area contributed by atoms with E-state index in [-0.39, 0.29) is 26.1 Å². The Kier molecular flexibility index (Phi) is 26.9. The molecule has 10 heteroatoms. The second-order valence-electron chi connectivity index (χ2n) is 12.3. The standard InChI is InChI=1S/C38H64O10/c1-3-5-6-7-8-9-10-11-12-13-14-15-16-17-18-19-20-21-22-23-24-25-26-27-34(41)47-31(29-45-33(40)4-2)30-46-38-37(44)36(43)35(42)32(28-39)48-38/h5-6,8-9,11-12,14-15,31-32,35-39,42-44H,3-4,7,10,13,16-30H2,1-2H3/b6-5-,9-8-,12-11-,15-14-. The molecule has 0 aromatic heterocycles. The lowest BCUT2D eigenvalue weighted by Gasteiger charge is -2.39. The second-order valence-corrected chi connectivity index (χ2v) is 12.3. The molecule has 10 nitrogen and oxygen atoms in total. The van der Waals surface area contributed by atoms with Crippen LogP contribution in [0.25, 0.3) is 0 Å². The fourth-order valence-electron chi connectivity index (χ4n) is 5.10. The number of allylic oxidation sites excluding steroid dienone is 8. The number of unbranched alkanes of at least 4 members (excludes halogenated alkanes) is 10. The predicted octanol–water partition coefficient (Wildman–Crippen LogP) is 6.15. The number of ether oxygens (including phenoxy) is 4. The van der Waals surface area contributed by atoms with Gasteiger partial charge in [-0.25, -0.2) is 0 Å². The molecular formula is C38H64O10. The van der Waals surface area contributed by atoms with Gasteiger partial charge >= 0.3 is 11.9 Å². The van der Waals surface area contributed by atoms with Gasteiger partial charge in [0.25, 0.3) is 0 Å². The summed E-state index contributed by atoms with van der Waals surface area (Å²) in [5.74, 6) is -0.916. The average Bonchev–Trinajstić information content (AvgIpc) is 3.09. The molecule has 0 spiro atoms. The highest BCUT2D eigenvalue weighted by atomic mass is 16.7. The molecule has 1 aliphatic rings. The first-order valence-corrected chi connectivity index (χ1v) is 18.2. The van der Waals surface area contributed by atoms with E-state index >= 15 is 0 Å². The molecule has 4 N–H and O–H groups in total. The van der Waals surface area contributed by atoms with Gasteiger partial charge in [-0.05, 0) is 44.9 Å². The molecule has 6 unspecified atom stereocenters. The van der Waals surface area contributed by atoms with Crippen LogP contribution in [0.1, 0.15) is 123 Å². The van der Waals surface area contributed by atoms with Crippen molar-refractivity contribution >= 4 is 11.9 Å². The summed E-state index contributed by atoms with van der Waals surface area (Å²) in [6.45, 7) is 2.68. The van der Waals surface area contributed by atoms with Gasteiger partial charge in [-0.3, -0.25) is 9.59 Å². The Bertz CT molecular complexity index is 928. The normalized spacial score (nSPS) is 22.3. The lowest BCUT2D eigenvalue weighted by Crippen LogP contribution is -2.59. The summed E-state index contributed by atoms with van der Waals surface area (Å²) in [6.07, 6.45) is 26.6. The van der Waals surface area contributed by atoms with Gasteiger partial charge in [0.2, 0.25) is 0 Å². The number of carbonyl (C=O) groups excluding carboxylic acids is 2. The van der Waals surface area contributed by atoms with Crippen LogP contribution in [0.3, 0.4) is 0 Å². The van der Waals surface area contributed by atoms with Gasteiger partial charge < -0.3 is 39.4 Å².